The lowest BCUT2D eigenvalue weighted by Crippen LogP contribution is -2.25. The molecule has 1 fully saturated rings. The van der Waals surface area contributed by atoms with Gasteiger partial charge in [0.25, 0.3) is 0 Å². The van der Waals surface area contributed by atoms with Crippen LogP contribution >= 0.6 is 0 Å². The van der Waals surface area contributed by atoms with Crippen LogP contribution in [0.25, 0.3) is 0 Å². The van der Waals surface area contributed by atoms with E-state index >= 15 is 0 Å². The van der Waals surface area contributed by atoms with E-state index in [1.54, 1.807) is 0 Å². The van der Waals surface area contributed by atoms with E-state index in [9.17, 15) is 9.90 Å². The SMILES string of the molecule is CC(C)(C)/C(O)=C/C(=N)N.CN1CCC[C@H]1C=O.[HH]. The monoisotopic (exact) mass is 257 g/mol. The molecule has 4 N–H and O–H groups in total. The summed E-state index contributed by atoms with van der Waals surface area (Å²) in [7, 11) is 1.99. The van der Waals surface area contributed by atoms with Crippen LogP contribution in [0.3, 0.4) is 0 Å². The molecule has 1 rings (SSSR count). The van der Waals surface area contributed by atoms with E-state index in [1.807, 2.05) is 27.8 Å². The van der Waals surface area contributed by atoms with Crippen LogP contribution in [0, 0.1) is 10.8 Å². The van der Waals surface area contributed by atoms with Gasteiger partial charge < -0.3 is 15.6 Å². The molecule has 106 valence electrons. The first-order valence-corrected chi connectivity index (χ1v) is 6.09. The first-order chi connectivity index (χ1) is 8.18. The third-order valence-corrected chi connectivity index (χ3v) is 2.79. The molecule has 1 aliphatic heterocycles. The summed E-state index contributed by atoms with van der Waals surface area (Å²) in [4.78, 5) is 12.3. The van der Waals surface area contributed by atoms with Crippen molar-refractivity contribution in [2.24, 2.45) is 11.1 Å². The van der Waals surface area contributed by atoms with Crippen molar-refractivity contribution in [1.82, 2.24) is 4.90 Å². The van der Waals surface area contributed by atoms with Crippen LogP contribution in [0.5, 0.6) is 0 Å². The number of likely N-dealkylation sites (N-methyl/N-ethyl adjacent to an activating group) is 1. The van der Waals surface area contributed by atoms with Crippen LogP contribution in [0.15, 0.2) is 11.8 Å². The number of hydrogen-bond acceptors (Lipinski definition) is 4. The Kier molecular flexibility index (Phi) is 6.62. The highest BCUT2D eigenvalue weighted by Crippen LogP contribution is 2.21. The van der Waals surface area contributed by atoms with E-state index in [2.05, 4.69) is 4.90 Å². The standard InChI is InChI=1S/C7H14N2O.C6H11NO.H2/c1-7(2,3)5(10)4-6(8)9;1-7-4-2-3-6(7)5-8;/h4,10H,1-3H3,(H3,8,9);5-6H,2-4H2,1H3;1H/b5-4-;;/t;6-;/m.0./s1. The molecule has 18 heavy (non-hydrogen) atoms. The molecule has 0 unspecified atom stereocenters. The lowest BCUT2D eigenvalue weighted by Gasteiger charge is -2.16. The third-order valence-electron chi connectivity index (χ3n) is 2.79. The number of aliphatic hydroxyl groups excluding tert-OH is 1. The first-order valence-electron chi connectivity index (χ1n) is 6.09. The van der Waals surface area contributed by atoms with Gasteiger partial charge in [0.2, 0.25) is 0 Å². The summed E-state index contributed by atoms with van der Waals surface area (Å²) in [6.45, 7) is 6.63. The van der Waals surface area contributed by atoms with Crippen LogP contribution < -0.4 is 5.73 Å². The summed E-state index contributed by atoms with van der Waals surface area (Å²) in [6, 6.07) is 0.218. The minimum atomic E-state index is -0.314. The molecular formula is C13H27N3O2. The molecule has 0 saturated carbocycles. The number of allylic oxidation sites excluding steroid dienone is 1. The number of nitrogens with one attached hydrogen (secondary N) is 1. The Labute approximate surface area is 111 Å². The van der Waals surface area contributed by atoms with Gasteiger partial charge in [0.1, 0.15) is 17.9 Å². The number of aldehydes is 1. The minimum absolute atomic E-state index is 0. The molecule has 0 bridgehead atoms. The number of carbonyl (C=O) groups is 1. The second-order valence-electron chi connectivity index (χ2n) is 5.56. The fourth-order valence-corrected chi connectivity index (χ4v) is 1.47. The normalized spacial score (nSPS) is 21.1. The Balaban J connectivity index is 0. The number of hydrogen-bond donors (Lipinski definition) is 3. The van der Waals surface area contributed by atoms with Gasteiger partial charge in [0, 0.05) is 12.9 Å². The van der Waals surface area contributed by atoms with E-state index in [4.69, 9.17) is 11.1 Å². The van der Waals surface area contributed by atoms with Crippen LogP contribution in [-0.2, 0) is 4.79 Å². The molecule has 1 heterocycles. The zero-order valence-corrected chi connectivity index (χ0v) is 11.7. The first kappa shape index (κ1) is 16.6. The fourth-order valence-electron chi connectivity index (χ4n) is 1.47. The molecule has 1 aliphatic rings. The van der Waals surface area contributed by atoms with Gasteiger partial charge in [0.15, 0.2) is 0 Å². The smallest absolute Gasteiger partial charge is 0.137 e. The highest BCUT2D eigenvalue weighted by Gasteiger charge is 2.18. The van der Waals surface area contributed by atoms with Crippen molar-refractivity contribution < 1.29 is 11.3 Å². The predicted molar refractivity (Wildman–Crippen MR) is 75.9 cm³/mol. The van der Waals surface area contributed by atoms with Gasteiger partial charge in [0.05, 0.1) is 6.04 Å². The van der Waals surface area contributed by atoms with Crippen LogP contribution in [0.2, 0.25) is 0 Å². The Morgan fingerprint density at radius 3 is 2.28 bits per heavy atom. The molecule has 5 heteroatoms. The quantitative estimate of drug-likeness (QED) is 0.305. The van der Waals surface area contributed by atoms with Crippen LogP contribution in [-0.4, -0.2) is 41.8 Å². The van der Waals surface area contributed by atoms with Crippen LogP contribution in [0.1, 0.15) is 35.0 Å². The van der Waals surface area contributed by atoms with Gasteiger partial charge in [-0.2, -0.15) is 0 Å². The summed E-state index contributed by atoms with van der Waals surface area (Å²) >= 11 is 0. The maximum Gasteiger partial charge on any atom is 0.137 e. The molecular weight excluding hydrogens is 230 g/mol. The predicted octanol–water partition coefficient (Wildman–Crippen LogP) is 1.94. The lowest BCUT2D eigenvalue weighted by molar-refractivity contribution is -0.111. The van der Waals surface area contributed by atoms with Gasteiger partial charge in [-0.3, -0.25) is 10.3 Å². The van der Waals surface area contributed by atoms with E-state index in [1.165, 1.54) is 12.5 Å². The molecule has 1 saturated heterocycles. The molecule has 5 nitrogen and oxygen atoms in total. The fraction of sp³-hybridized carbons (Fsp3) is 0.692. The van der Waals surface area contributed by atoms with Gasteiger partial charge >= 0.3 is 0 Å². The summed E-state index contributed by atoms with van der Waals surface area (Å²) in [6.07, 6.45) is 4.52. The molecule has 0 aliphatic carbocycles. The largest absolute Gasteiger partial charge is 0.512 e. The van der Waals surface area contributed by atoms with Crippen molar-refractivity contribution in [1.29, 1.82) is 5.41 Å². The average Bonchev–Trinajstić information content (AvgIpc) is 2.62. The minimum Gasteiger partial charge on any atom is -0.512 e. The molecule has 0 aromatic carbocycles. The highest BCUT2D eigenvalue weighted by molar-refractivity contribution is 5.88. The summed E-state index contributed by atoms with van der Waals surface area (Å²) < 4.78 is 0. The van der Waals surface area contributed by atoms with Crippen molar-refractivity contribution in [2.75, 3.05) is 13.6 Å². The average molecular weight is 257 g/mol. The number of nitrogens with zero attached hydrogens (tertiary/aromatic N) is 1. The number of likely N-dealkylation sites (tertiary alicyclic amines) is 1. The number of nitrogens with two attached hydrogens (primary N) is 1. The molecule has 0 aromatic heterocycles. The van der Waals surface area contributed by atoms with E-state index in [-0.39, 0.29) is 24.5 Å². The number of aliphatic hydroxyl groups is 1. The summed E-state index contributed by atoms with van der Waals surface area (Å²) in [5.41, 5.74) is 4.72. The highest BCUT2D eigenvalue weighted by atomic mass is 16.3. The van der Waals surface area contributed by atoms with Gasteiger partial charge in [-0.05, 0) is 26.4 Å². The zero-order chi connectivity index (χ0) is 14.3. The molecule has 1 atom stereocenters. The molecule has 0 aromatic rings. The number of amidine groups is 1. The van der Waals surface area contributed by atoms with E-state index < -0.39 is 0 Å². The topological polar surface area (TPSA) is 90.4 Å². The van der Waals surface area contributed by atoms with Gasteiger partial charge in [-0.1, -0.05) is 20.8 Å². The van der Waals surface area contributed by atoms with E-state index in [0.717, 1.165) is 19.3 Å². The second kappa shape index (κ2) is 7.16. The summed E-state index contributed by atoms with van der Waals surface area (Å²) in [5.74, 6) is 0.0208. The molecule has 0 radical (unpaired) electrons. The number of rotatable bonds is 2. The third kappa shape index (κ3) is 6.39. The van der Waals surface area contributed by atoms with Crippen molar-refractivity contribution >= 4 is 12.1 Å². The summed E-state index contributed by atoms with van der Waals surface area (Å²) in [5, 5.41) is 16.0. The second-order valence-corrected chi connectivity index (χ2v) is 5.56. The van der Waals surface area contributed by atoms with Crippen molar-refractivity contribution in [3.8, 4) is 0 Å². The van der Waals surface area contributed by atoms with Gasteiger partial charge in [-0.15, -0.1) is 0 Å². The Morgan fingerprint density at radius 2 is 2.11 bits per heavy atom. The van der Waals surface area contributed by atoms with Crippen molar-refractivity contribution in [3.05, 3.63) is 11.8 Å². The number of carbonyl (C=O) groups excluding carboxylic acids is 1. The Bertz CT molecular complexity index is 324. The molecule has 0 amide bonds. The lowest BCUT2D eigenvalue weighted by atomic mass is 9.93. The maximum atomic E-state index is 10.2. The Hall–Kier alpha value is -1.36. The molecule has 0 spiro atoms. The van der Waals surface area contributed by atoms with Gasteiger partial charge in [-0.25, -0.2) is 0 Å². The van der Waals surface area contributed by atoms with Crippen molar-refractivity contribution in [2.45, 2.75) is 39.7 Å². The van der Waals surface area contributed by atoms with E-state index in [0.29, 0.717) is 0 Å². The maximum absolute atomic E-state index is 10.2. The Morgan fingerprint density at radius 1 is 1.56 bits per heavy atom. The van der Waals surface area contributed by atoms with Crippen molar-refractivity contribution in [3.63, 3.8) is 0 Å². The van der Waals surface area contributed by atoms with Crippen LogP contribution in [0.4, 0.5) is 0 Å². The zero-order valence-electron chi connectivity index (χ0n) is 11.7.